The van der Waals surface area contributed by atoms with Gasteiger partial charge < -0.3 is 14.4 Å². The molecule has 8 nitrogen and oxygen atoms in total. The molecule has 45 heavy (non-hydrogen) atoms. The number of ether oxygens (including phenoxy) is 1. The molecule has 1 N–H and O–H groups in total. The molecule has 7 rings (SSSR count). The Morgan fingerprint density at radius 2 is 1.80 bits per heavy atom. The number of hydrogen-bond acceptors (Lipinski definition) is 8. The summed E-state index contributed by atoms with van der Waals surface area (Å²) in [7, 11) is 0. The van der Waals surface area contributed by atoms with Gasteiger partial charge in [0.05, 0.1) is 22.3 Å². The fourth-order valence-electron chi connectivity index (χ4n) is 6.46. The Balaban J connectivity index is 1.09. The van der Waals surface area contributed by atoms with E-state index in [9.17, 15) is 18.8 Å². The predicted octanol–water partition coefficient (Wildman–Crippen LogP) is 6.94. The molecule has 0 bridgehead atoms. The highest BCUT2D eigenvalue weighted by Crippen LogP contribution is 2.36. The van der Waals surface area contributed by atoms with Gasteiger partial charge in [0, 0.05) is 31.3 Å². The van der Waals surface area contributed by atoms with Crippen LogP contribution in [0, 0.1) is 17.1 Å². The molecular formula is C34H34F2N6O2S. The summed E-state index contributed by atoms with van der Waals surface area (Å²) in [6, 6.07) is 18.4. The normalized spacial score (nSPS) is 19.8. The Bertz CT molecular complexity index is 1800. The van der Waals surface area contributed by atoms with Crippen LogP contribution in [0.4, 0.5) is 14.5 Å². The van der Waals surface area contributed by atoms with Gasteiger partial charge in [-0.2, -0.15) is 5.26 Å². The number of hydrogen-bond donors (Lipinski definition) is 1. The number of fused-ring (bicyclic) bond motifs is 1. The molecule has 0 amide bonds. The van der Waals surface area contributed by atoms with Gasteiger partial charge in [-0.05, 0) is 99.1 Å². The predicted molar refractivity (Wildman–Crippen MR) is 172 cm³/mol. The third kappa shape index (κ3) is 6.15. The number of halogens is 2. The van der Waals surface area contributed by atoms with E-state index < -0.39 is 12.0 Å². The van der Waals surface area contributed by atoms with Crippen molar-refractivity contribution in [2.24, 2.45) is 0 Å². The van der Waals surface area contributed by atoms with E-state index in [0.717, 1.165) is 32.0 Å². The van der Waals surface area contributed by atoms with Gasteiger partial charge in [-0.25, -0.2) is 18.1 Å². The van der Waals surface area contributed by atoms with E-state index >= 15 is 0 Å². The van der Waals surface area contributed by atoms with E-state index in [1.165, 1.54) is 66.1 Å². The summed E-state index contributed by atoms with van der Waals surface area (Å²) < 4.78 is 40.7. The fourth-order valence-corrected chi connectivity index (χ4v) is 7.29. The van der Waals surface area contributed by atoms with Gasteiger partial charge in [0.1, 0.15) is 29.9 Å². The van der Waals surface area contributed by atoms with Crippen LogP contribution >= 0.6 is 12.1 Å². The fraction of sp³-hybridized carbons (Fsp3) is 0.382. The van der Waals surface area contributed by atoms with Crippen molar-refractivity contribution in [1.29, 1.82) is 5.26 Å². The highest BCUT2D eigenvalue weighted by Gasteiger charge is 2.29. The molecule has 3 heterocycles. The number of aromatic nitrogens is 2. The maximum absolute atomic E-state index is 15.0. The highest BCUT2D eigenvalue weighted by molar-refractivity contribution is 7.98. The monoisotopic (exact) mass is 628 g/mol. The van der Waals surface area contributed by atoms with Crippen LogP contribution in [-0.4, -0.2) is 57.1 Å². The molecular weight excluding hydrogens is 594 g/mol. The summed E-state index contributed by atoms with van der Waals surface area (Å²) >= 11 is 1.17. The van der Waals surface area contributed by atoms with Gasteiger partial charge in [0.25, 0.3) is 5.56 Å². The minimum atomic E-state index is -0.891. The number of rotatable bonds is 8. The number of benzene rings is 3. The van der Waals surface area contributed by atoms with Crippen molar-refractivity contribution in [3.8, 4) is 23.3 Å². The molecule has 11 heteroatoms. The third-order valence-electron chi connectivity index (χ3n) is 9.31. The highest BCUT2D eigenvalue weighted by atomic mass is 32.2. The Labute approximate surface area is 264 Å². The zero-order valence-corrected chi connectivity index (χ0v) is 25.6. The second-order valence-electron chi connectivity index (χ2n) is 12.1. The van der Waals surface area contributed by atoms with E-state index in [2.05, 4.69) is 26.7 Å². The minimum absolute atomic E-state index is 0.0315. The molecule has 3 aliphatic rings. The summed E-state index contributed by atoms with van der Waals surface area (Å²) in [6.45, 7) is 3.14. The van der Waals surface area contributed by atoms with Crippen LogP contribution < -0.4 is 15.0 Å². The quantitative estimate of drug-likeness (QED) is 0.210. The lowest BCUT2D eigenvalue weighted by Gasteiger charge is -2.42. The lowest BCUT2D eigenvalue weighted by atomic mass is 9.85. The van der Waals surface area contributed by atoms with Crippen molar-refractivity contribution in [2.75, 3.05) is 30.9 Å². The molecule has 3 fully saturated rings. The SMILES string of the molecule is N#Cc1c(NSN2CCC(F)C2)ccc(F)c1Oc1ccc2ncn(-c3ccc(C4CCN(C5CCC5)CC4)cc3)c(=O)c2c1. The summed E-state index contributed by atoms with van der Waals surface area (Å²) in [5.41, 5.74) is 2.51. The number of nitriles is 1. The second-order valence-corrected chi connectivity index (χ2v) is 13.0. The van der Waals surface area contributed by atoms with Gasteiger partial charge in [0.15, 0.2) is 11.6 Å². The minimum Gasteiger partial charge on any atom is -0.453 e. The van der Waals surface area contributed by atoms with Gasteiger partial charge in [-0.1, -0.05) is 18.6 Å². The van der Waals surface area contributed by atoms with Crippen LogP contribution in [0.5, 0.6) is 11.5 Å². The van der Waals surface area contributed by atoms with E-state index in [4.69, 9.17) is 4.74 Å². The van der Waals surface area contributed by atoms with Crippen molar-refractivity contribution >= 4 is 28.7 Å². The number of anilines is 1. The van der Waals surface area contributed by atoms with E-state index in [0.29, 0.717) is 41.2 Å². The molecule has 1 unspecified atom stereocenters. The topological polar surface area (TPSA) is 86.4 Å². The van der Waals surface area contributed by atoms with Crippen molar-refractivity contribution in [2.45, 2.75) is 56.7 Å². The number of likely N-dealkylation sites (tertiary alicyclic amines) is 1. The van der Waals surface area contributed by atoms with Gasteiger partial charge in [-0.15, -0.1) is 0 Å². The molecule has 2 aliphatic heterocycles. The first-order chi connectivity index (χ1) is 22.0. The number of piperidine rings is 1. The van der Waals surface area contributed by atoms with Crippen molar-refractivity contribution in [3.63, 3.8) is 0 Å². The molecule has 1 atom stereocenters. The molecule has 2 saturated heterocycles. The zero-order chi connectivity index (χ0) is 30.9. The summed E-state index contributed by atoms with van der Waals surface area (Å²) in [5.74, 6) is -0.256. The molecule has 1 aliphatic carbocycles. The largest absolute Gasteiger partial charge is 0.453 e. The van der Waals surface area contributed by atoms with E-state index in [-0.39, 0.29) is 29.2 Å². The molecule has 0 radical (unpaired) electrons. The van der Waals surface area contributed by atoms with Crippen LogP contribution in [0.15, 0.2) is 65.7 Å². The summed E-state index contributed by atoms with van der Waals surface area (Å²) in [5, 5.41) is 10.2. The van der Waals surface area contributed by atoms with Crippen LogP contribution in [-0.2, 0) is 0 Å². The lowest BCUT2D eigenvalue weighted by molar-refractivity contribution is 0.0975. The third-order valence-corrected chi connectivity index (χ3v) is 10.2. The van der Waals surface area contributed by atoms with E-state index in [1.807, 2.05) is 22.5 Å². The lowest BCUT2D eigenvalue weighted by Crippen LogP contribution is -2.44. The molecule has 3 aromatic carbocycles. The molecule has 1 saturated carbocycles. The average molecular weight is 629 g/mol. The summed E-state index contributed by atoms with van der Waals surface area (Å²) in [4.78, 5) is 20.8. The van der Waals surface area contributed by atoms with Crippen LogP contribution in [0.1, 0.15) is 55.6 Å². The molecule has 4 aromatic rings. The molecule has 0 spiro atoms. The smallest absolute Gasteiger partial charge is 0.265 e. The molecule has 1 aromatic heterocycles. The van der Waals surface area contributed by atoms with E-state index in [1.54, 1.807) is 12.1 Å². The molecule has 232 valence electrons. The maximum atomic E-state index is 15.0. The van der Waals surface area contributed by atoms with Gasteiger partial charge >= 0.3 is 0 Å². The Morgan fingerprint density at radius 1 is 1.00 bits per heavy atom. The summed E-state index contributed by atoms with van der Waals surface area (Å²) in [6.07, 6.45) is 7.42. The van der Waals surface area contributed by atoms with Gasteiger partial charge in [-0.3, -0.25) is 9.36 Å². The van der Waals surface area contributed by atoms with Crippen molar-refractivity contribution in [1.82, 2.24) is 18.8 Å². The first kappa shape index (κ1) is 29.7. The number of alkyl halides is 1. The second kappa shape index (κ2) is 12.8. The average Bonchev–Trinajstić information content (AvgIpc) is 3.46. The first-order valence-corrected chi connectivity index (χ1v) is 16.3. The van der Waals surface area contributed by atoms with Gasteiger partial charge in [0.2, 0.25) is 0 Å². The van der Waals surface area contributed by atoms with Crippen LogP contribution in [0.2, 0.25) is 0 Å². The Hall–Kier alpha value is -3.98. The maximum Gasteiger partial charge on any atom is 0.265 e. The van der Waals surface area contributed by atoms with Crippen LogP contribution in [0.25, 0.3) is 16.6 Å². The first-order valence-electron chi connectivity index (χ1n) is 15.5. The number of nitrogens with one attached hydrogen (secondary N) is 1. The van der Waals surface area contributed by atoms with Crippen LogP contribution in [0.3, 0.4) is 0 Å². The standard InChI is InChI=1S/C34H34F2N6O2S/c35-24-14-17-41(20-24)45-39-32-11-9-30(36)33(29(32)19-37)44-27-8-10-31-28(18-27)34(43)42(21-38-31)26-6-4-22(5-7-26)23-12-15-40(16-13-23)25-2-1-3-25/h4-11,18,21,23-25,39H,1-3,12-17,20H2. The van der Waals surface area contributed by atoms with Crippen molar-refractivity contribution in [3.05, 3.63) is 88.2 Å². The Morgan fingerprint density at radius 3 is 2.49 bits per heavy atom. The Kier molecular flexibility index (Phi) is 8.45. The van der Waals surface area contributed by atoms with Crippen molar-refractivity contribution < 1.29 is 13.5 Å². The zero-order valence-electron chi connectivity index (χ0n) is 24.8. The number of nitrogens with zero attached hydrogens (tertiary/aromatic N) is 5.